The van der Waals surface area contributed by atoms with Crippen LogP contribution in [0, 0.1) is 17.8 Å². The standard InChI is InChI=1S/C15H27B2O6P/c1-8-9(2)14(16)21-11(8)7-20-24(5,18)23-13-10(3)15(17)22-12(13)6-19-4/h8-15H,6-7H2,1-5H3. The molecule has 2 saturated heterocycles. The summed E-state index contributed by atoms with van der Waals surface area (Å²) in [5, 5.41) is 0. The Morgan fingerprint density at radius 3 is 2.08 bits per heavy atom. The molecule has 0 amide bonds. The van der Waals surface area contributed by atoms with Crippen molar-refractivity contribution >= 4 is 23.3 Å². The van der Waals surface area contributed by atoms with E-state index in [9.17, 15) is 4.57 Å². The Morgan fingerprint density at radius 1 is 0.958 bits per heavy atom. The molecule has 0 aromatic rings. The Balaban J connectivity index is 1.92. The van der Waals surface area contributed by atoms with Gasteiger partial charge in [0.2, 0.25) is 0 Å². The van der Waals surface area contributed by atoms with Gasteiger partial charge in [0.05, 0.1) is 25.4 Å². The number of hydrogen-bond acceptors (Lipinski definition) is 6. The first-order valence-electron chi connectivity index (χ1n) is 8.37. The molecular weight excluding hydrogens is 329 g/mol. The van der Waals surface area contributed by atoms with Crippen LogP contribution >= 0.6 is 7.60 Å². The van der Waals surface area contributed by atoms with Crippen LogP contribution in [0.3, 0.4) is 0 Å². The van der Waals surface area contributed by atoms with Crippen LogP contribution in [0.15, 0.2) is 0 Å². The molecule has 2 rings (SSSR count). The molecule has 0 aromatic carbocycles. The van der Waals surface area contributed by atoms with Crippen LogP contribution in [0.4, 0.5) is 0 Å². The number of rotatable bonds is 7. The fraction of sp³-hybridized carbons (Fsp3) is 1.00. The van der Waals surface area contributed by atoms with E-state index in [-0.39, 0.29) is 42.6 Å². The topological polar surface area (TPSA) is 63.2 Å². The van der Waals surface area contributed by atoms with Crippen molar-refractivity contribution in [2.45, 2.75) is 51.1 Å². The molecule has 2 aliphatic rings. The summed E-state index contributed by atoms with van der Waals surface area (Å²) >= 11 is 0. The Hall–Kier alpha value is 0.160. The monoisotopic (exact) mass is 356 g/mol. The molecule has 0 N–H and O–H groups in total. The van der Waals surface area contributed by atoms with Crippen LogP contribution in [-0.2, 0) is 27.8 Å². The smallest absolute Gasteiger partial charge is 0.328 e. The van der Waals surface area contributed by atoms with Gasteiger partial charge in [-0.2, -0.15) is 0 Å². The van der Waals surface area contributed by atoms with Crippen molar-refractivity contribution in [1.82, 2.24) is 0 Å². The first-order valence-corrected chi connectivity index (χ1v) is 10.4. The third-order valence-electron chi connectivity index (χ3n) is 5.12. The normalized spacial score (nSPS) is 45.4. The Labute approximate surface area is 147 Å². The molecule has 2 fully saturated rings. The maximum Gasteiger partial charge on any atom is 0.328 e. The number of hydrogen-bond donors (Lipinski definition) is 0. The molecule has 0 saturated carbocycles. The van der Waals surface area contributed by atoms with E-state index in [0.29, 0.717) is 6.61 Å². The molecule has 9 heteroatoms. The Bertz CT molecular complexity index is 467. The van der Waals surface area contributed by atoms with Crippen molar-refractivity contribution in [2.24, 2.45) is 17.8 Å². The first-order chi connectivity index (χ1) is 11.2. The second-order valence-corrected chi connectivity index (χ2v) is 8.96. The van der Waals surface area contributed by atoms with Gasteiger partial charge in [0.25, 0.3) is 0 Å². The van der Waals surface area contributed by atoms with Gasteiger partial charge in [0, 0.05) is 31.7 Å². The van der Waals surface area contributed by atoms with E-state index in [0.717, 1.165) is 0 Å². The van der Waals surface area contributed by atoms with E-state index in [1.807, 2.05) is 20.8 Å². The van der Waals surface area contributed by atoms with Gasteiger partial charge in [-0.3, -0.25) is 4.57 Å². The van der Waals surface area contributed by atoms with Gasteiger partial charge >= 0.3 is 7.60 Å². The minimum absolute atomic E-state index is 0.114. The lowest BCUT2D eigenvalue weighted by atomic mass is 9.82. The third kappa shape index (κ3) is 4.66. The van der Waals surface area contributed by atoms with Crippen molar-refractivity contribution in [1.29, 1.82) is 0 Å². The van der Waals surface area contributed by atoms with Crippen LogP contribution in [0.1, 0.15) is 20.8 Å². The van der Waals surface area contributed by atoms with Crippen molar-refractivity contribution < 1.29 is 27.8 Å². The van der Waals surface area contributed by atoms with E-state index in [4.69, 9.17) is 39.0 Å². The van der Waals surface area contributed by atoms with E-state index in [1.165, 1.54) is 6.66 Å². The molecule has 134 valence electrons. The minimum Gasteiger partial charge on any atom is -0.382 e. The van der Waals surface area contributed by atoms with E-state index in [1.54, 1.807) is 7.11 Å². The van der Waals surface area contributed by atoms with Gasteiger partial charge < -0.3 is 23.3 Å². The summed E-state index contributed by atoms with van der Waals surface area (Å²) in [5.41, 5.74) is 0. The van der Waals surface area contributed by atoms with Gasteiger partial charge in [-0.25, -0.2) is 0 Å². The number of methoxy groups -OCH3 is 1. The molecule has 2 aliphatic heterocycles. The molecule has 0 aliphatic carbocycles. The zero-order chi connectivity index (χ0) is 18.1. The van der Waals surface area contributed by atoms with E-state index < -0.39 is 19.7 Å². The molecule has 9 unspecified atom stereocenters. The maximum absolute atomic E-state index is 12.7. The highest BCUT2D eigenvalue weighted by molar-refractivity contribution is 7.53. The molecule has 0 spiro atoms. The fourth-order valence-corrected chi connectivity index (χ4v) is 4.38. The Kier molecular flexibility index (Phi) is 7.03. The quantitative estimate of drug-likeness (QED) is 0.510. The lowest BCUT2D eigenvalue weighted by molar-refractivity contribution is -0.0182. The highest BCUT2D eigenvalue weighted by Crippen LogP contribution is 2.49. The SMILES string of the molecule is [B]C1OC(COP(C)(=O)OC2C(COC)OC([B])C2C)C(C)C1C. The van der Waals surface area contributed by atoms with Gasteiger partial charge in [0.15, 0.2) is 0 Å². The van der Waals surface area contributed by atoms with Crippen molar-refractivity contribution in [2.75, 3.05) is 27.0 Å². The van der Waals surface area contributed by atoms with E-state index in [2.05, 4.69) is 0 Å². The second-order valence-electron chi connectivity index (χ2n) is 6.95. The zero-order valence-corrected chi connectivity index (χ0v) is 16.0. The van der Waals surface area contributed by atoms with Crippen LogP contribution in [0.25, 0.3) is 0 Å². The van der Waals surface area contributed by atoms with E-state index >= 15 is 0 Å². The summed E-state index contributed by atoms with van der Waals surface area (Å²) in [6, 6.07) is -0.801. The lowest BCUT2D eigenvalue weighted by Crippen LogP contribution is -2.32. The molecule has 24 heavy (non-hydrogen) atoms. The summed E-state index contributed by atoms with van der Waals surface area (Å²) in [6.45, 7) is 7.93. The fourth-order valence-electron chi connectivity index (χ4n) is 3.13. The molecule has 9 atom stereocenters. The minimum atomic E-state index is -3.30. The predicted molar refractivity (Wildman–Crippen MR) is 92.6 cm³/mol. The van der Waals surface area contributed by atoms with Gasteiger partial charge in [-0.05, 0) is 11.8 Å². The van der Waals surface area contributed by atoms with Crippen molar-refractivity contribution in [3.05, 3.63) is 0 Å². The molecule has 2 heterocycles. The summed E-state index contributed by atoms with van der Waals surface area (Å²) in [4.78, 5) is 0. The van der Waals surface area contributed by atoms with Crippen LogP contribution in [0.2, 0.25) is 0 Å². The van der Waals surface area contributed by atoms with Gasteiger partial charge in [0.1, 0.15) is 21.8 Å². The molecule has 6 nitrogen and oxygen atoms in total. The summed E-state index contributed by atoms with van der Waals surface area (Å²) in [6.07, 6.45) is -1.01. The third-order valence-corrected chi connectivity index (χ3v) is 6.36. The average molecular weight is 356 g/mol. The summed E-state index contributed by atoms with van der Waals surface area (Å²) in [5.74, 6) is 0.337. The largest absolute Gasteiger partial charge is 0.382 e. The summed E-state index contributed by atoms with van der Waals surface area (Å²) < 4.78 is 40.4. The predicted octanol–water partition coefficient (Wildman–Crippen LogP) is 1.55. The van der Waals surface area contributed by atoms with Crippen LogP contribution in [-0.4, -0.2) is 73.0 Å². The number of ether oxygens (including phenoxy) is 3. The zero-order valence-electron chi connectivity index (χ0n) is 15.1. The summed E-state index contributed by atoms with van der Waals surface area (Å²) in [7, 11) is 10.1. The molecular formula is C15H27B2O6P. The Morgan fingerprint density at radius 2 is 1.54 bits per heavy atom. The van der Waals surface area contributed by atoms with Crippen LogP contribution in [0.5, 0.6) is 0 Å². The lowest BCUT2D eigenvalue weighted by Gasteiger charge is -2.26. The van der Waals surface area contributed by atoms with Crippen LogP contribution < -0.4 is 0 Å². The van der Waals surface area contributed by atoms with Crippen molar-refractivity contribution in [3.63, 3.8) is 0 Å². The highest BCUT2D eigenvalue weighted by Gasteiger charge is 2.44. The molecule has 0 aromatic heterocycles. The first kappa shape index (κ1) is 20.5. The average Bonchev–Trinajstić information content (AvgIpc) is 2.91. The van der Waals surface area contributed by atoms with Gasteiger partial charge in [-0.15, -0.1) is 0 Å². The molecule has 4 radical (unpaired) electrons. The second kappa shape index (κ2) is 8.24. The highest BCUT2D eigenvalue weighted by atomic mass is 31.2. The van der Waals surface area contributed by atoms with Gasteiger partial charge in [-0.1, -0.05) is 20.8 Å². The maximum atomic E-state index is 12.7. The molecule has 0 bridgehead atoms. The van der Waals surface area contributed by atoms with Crippen molar-refractivity contribution in [3.8, 4) is 0 Å².